The van der Waals surface area contributed by atoms with Crippen LogP contribution in [-0.4, -0.2) is 28.0 Å². The van der Waals surface area contributed by atoms with E-state index in [9.17, 15) is 18.8 Å². The quantitative estimate of drug-likeness (QED) is 0.259. The molecule has 1 N–H and O–H groups in total. The number of halogens is 1. The number of carboxylic acid groups (broad SMARTS) is 1. The molecule has 196 valence electrons. The van der Waals surface area contributed by atoms with Crippen molar-refractivity contribution in [2.24, 2.45) is 5.92 Å². The zero-order valence-corrected chi connectivity index (χ0v) is 22.2. The van der Waals surface area contributed by atoms with Gasteiger partial charge in [-0.3, -0.25) is 4.79 Å². The second-order valence-electron chi connectivity index (χ2n) is 9.86. The first-order chi connectivity index (χ1) is 17.7. The number of ether oxygens (including phenoxy) is 2. The summed E-state index contributed by atoms with van der Waals surface area (Å²) >= 11 is -1.36. The fourth-order valence-corrected chi connectivity index (χ4v) is 5.64. The number of carboxylic acids is 1. The van der Waals surface area contributed by atoms with Gasteiger partial charge in [0.05, 0.1) is 13.5 Å². The van der Waals surface area contributed by atoms with Crippen LogP contribution in [0.4, 0.5) is 4.39 Å². The number of methoxy groups -OCH3 is 1. The van der Waals surface area contributed by atoms with E-state index in [-0.39, 0.29) is 24.2 Å². The molecule has 7 heteroatoms. The molecule has 0 heterocycles. The molecule has 0 radical (unpaired) electrons. The van der Waals surface area contributed by atoms with E-state index in [2.05, 4.69) is 0 Å². The molecule has 0 spiro atoms. The van der Waals surface area contributed by atoms with Crippen LogP contribution in [0.1, 0.15) is 56.6 Å². The largest absolute Gasteiger partial charge is 0.611 e. The van der Waals surface area contributed by atoms with Crippen LogP contribution in [0.2, 0.25) is 0 Å². The first kappa shape index (κ1) is 27.0. The first-order valence-corrected chi connectivity index (χ1v) is 13.8. The Kier molecular flexibility index (Phi) is 8.77. The van der Waals surface area contributed by atoms with Crippen molar-refractivity contribution in [1.29, 1.82) is 0 Å². The number of hydrogen-bond acceptors (Lipinski definition) is 4. The summed E-state index contributed by atoms with van der Waals surface area (Å²) < 4.78 is 39.3. The Balaban J connectivity index is 1.57. The van der Waals surface area contributed by atoms with Gasteiger partial charge in [-0.05, 0) is 90.8 Å². The molecule has 1 aliphatic carbocycles. The number of carbonyl (C=O) groups is 1. The molecule has 37 heavy (non-hydrogen) atoms. The van der Waals surface area contributed by atoms with Crippen molar-refractivity contribution in [3.05, 3.63) is 77.6 Å². The van der Waals surface area contributed by atoms with Crippen LogP contribution in [0.15, 0.2) is 65.6 Å². The van der Waals surface area contributed by atoms with Crippen LogP contribution in [-0.2, 0) is 22.6 Å². The van der Waals surface area contributed by atoms with Gasteiger partial charge in [-0.1, -0.05) is 31.0 Å². The van der Waals surface area contributed by atoms with Crippen LogP contribution in [0.3, 0.4) is 0 Å². The van der Waals surface area contributed by atoms with Crippen molar-refractivity contribution in [3.63, 3.8) is 0 Å². The van der Waals surface area contributed by atoms with Crippen LogP contribution in [0.25, 0.3) is 11.1 Å². The highest BCUT2D eigenvalue weighted by atomic mass is 32.2. The van der Waals surface area contributed by atoms with Crippen molar-refractivity contribution in [1.82, 2.24) is 0 Å². The predicted octanol–water partition coefficient (Wildman–Crippen LogP) is 6.95. The van der Waals surface area contributed by atoms with Crippen molar-refractivity contribution >= 4 is 17.1 Å². The standard InChI is InChI=1S/C30H33FO5S/c1-19(2)37(34)29-14-21(9-11-26(29)27-17-24(35-3)10-12-28(27)31)18-36-25-6-4-5-22(15-25)23(16-30(32)33)13-20-7-8-20/h4-6,9-12,14-15,17,19-20,23H,7-8,13,16,18H2,1-3H3,(H,32,33)/t23-,37+/m0/s1. The van der Waals surface area contributed by atoms with Gasteiger partial charge >= 0.3 is 5.97 Å². The maximum atomic E-state index is 14.8. The van der Waals surface area contributed by atoms with Crippen LogP contribution < -0.4 is 9.47 Å². The minimum atomic E-state index is -1.36. The molecule has 4 rings (SSSR count). The summed E-state index contributed by atoms with van der Waals surface area (Å²) in [6.07, 6.45) is 3.32. The van der Waals surface area contributed by atoms with Gasteiger partial charge in [0.1, 0.15) is 29.2 Å². The Labute approximate surface area is 220 Å². The molecule has 1 fully saturated rings. The van der Waals surface area contributed by atoms with Gasteiger partial charge in [0.2, 0.25) is 0 Å². The molecule has 1 saturated carbocycles. The lowest BCUT2D eigenvalue weighted by atomic mass is 9.90. The third kappa shape index (κ3) is 7.05. The van der Waals surface area contributed by atoms with E-state index >= 15 is 0 Å². The molecule has 3 aromatic carbocycles. The minimum absolute atomic E-state index is 0.0364. The van der Waals surface area contributed by atoms with E-state index in [1.807, 2.05) is 50.2 Å². The normalized spacial score (nSPS) is 14.9. The fraction of sp³-hybridized carbons (Fsp3) is 0.367. The average Bonchev–Trinajstić information content (AvgIpc) is 3.71. The average molecular weight is 525 g/mol. The Bertz CT molecular complexity index is 1240. The number of benzene rings is 3. The Morgan fingerprint density at radius 3 is 2.54 bits per heavy atom. The molecule has 0 aliphatic heterocycles. The van der Waals surface area contributed by atoms with Gasteiger partial charge in [-0.15, -0.1) is 0 Å². The molecule has 0 bridgehead atoms. The van der Waals surface area contributed by atoms with Gasteiger partial charge in [0.25, 0.3) is 0 Å². The summed E-state index contributed by atoms with van der Waals surface area (Å²) in [5, 5.41) is 9.22. The summed E-state index contributed by atoms with van der Waals surface area (Å²) in [7, 11) is 1.52. The monoisotopic (exact) mass is 524 g/mol. The summed E-state index contributed by atoms with van der Waals surface area (Å²) in [5.41, 5.74) is 2.67. The highest BCUT2D eigenvalue weighted by molar-refractivity contribution is 7.92. The van der Waals surface area contributed by atoms with Gasteiger partial charge in [0.15, 0.2) is 4.90 Å². The molecule has 5 nitrogen and oxygen atoms in total. The van der Waals surface area contributed by atoms with Gasteiger partial charge in [-0.25, -0.2) is 4.39 Å². The van der Waals surface area contributed by atoms with Crippen LogP contribution in [0, 0.1) is 11.7 Å². The third-order valence-corrected chi connectivity index (χ3v) is 8.25. The Morgan fingerprint density at radius 2 is 1.86 bits per heavy atom. The van der Waals surface area contributed by atoms with Crippen molar-refractivity contribution in [3.8, 4) is 22.6 Å². The molecule has 0 unspecified atom stereocenters. The third-order valence-electron chi connectivity index (χ3n) is 6.63. The Morgan fingerprint density at radius 1 is 1.08 bits per heavy atom. The van der Waals surface area contributed by atoms with Gasteiger partial charge in [-0.2, -0.15) is 0 Å². The maximum Gasteiger partial charge on any atom is 0.303 e. The second kappa shape index (κ2) is 12.0. The van der Waals surface area contributed by atoms with E-state index in [0.29, 0.717) is 33.4 Å². The van der Waals surface area contributed by atoms with E-state index in [1.165, 1.54) is 26.0 Å². The zero-order chi connectivity index (χ0) is 26.5. The highest BCUT2D eigenvalue weighted by Crippen LogP contribution is 2.40. The number of hydrogen-bond donors (Lipinski definition) is 1. The first-order valence-electron chi connectivity index (χ1n) is 12.6. The molecule has 3 aromatic rings. The number of rotatable bonds is 12. The summed E-state index contributed by atoms with van der Waals surface area (Å²) in [6, 6.07) is 17.6. The van der Waals surface area contributed by atoms with E-state index in [4.69, 9.17) is 9.47 Å². The fourth-order valence-electron chi connectivity index (χ4n) is 4.47. The van der Waals surface area contributed by atoms with Crippen LogP contribution in [0.5, 0.6) is 11.5 Å². The smallest absolute Gasteiger partial charge is 0.303 e. The topological polar surface area (TPSA) is 78.8 Å². The summed E-state index contributed by atoms with van der Waals surface area (Å²) in [4.78, 5) is 12.0. The molecule has 2 atom stereocenters. The lowest BCUT2D eigenvalue weighted by Crippen LogP contribution is -2.16. The number of aliphatic carboxylic acids is 1. The summed E-state index contributed by atoms with van der Waals surface area (Å²) in [5.74, 6) is 0.541. The second-order valence-corrected chi connectivity index (χ2v) is 11.8. The maximum absolute atomic E-state index is 14.8. The zero-order valence-electron chi connectivity index (χ0n) is 21.4. The predicted molar refractivity (Wildman–Crippen MR) is 143 cm³/mol. The molecular formula is C30H33FO5S. The van der Waals surface area contributed by atoms with Crippen molar-refractivity contribution in [2.45, 2.75) is 62.2 Å². The van der Waals surface area contributed by atoms with Gasteiger partial charge < -0.3 is 19.1 Å². The lowest BCUT2D eigenvalue weighted by molar-refractivity contribution is -0.137. The molecule has 0 amide bonds. The van der Waals surface area contributed by atoms with E-state index in [1.54, 1.807) is 18.2 Å². The van der Waals surface area contributed by atoms with Crippen molar-refractivity contribution in [2.75, 3.05) is 7.11 Å². The summed E-state index contributed by atoms with van der Waals surface area (Å²) in [6.45, 7) is 3.97. The molecular weight excluding hydrogens is 491 g/mol. The molecule has 0 aromatic heterocycles. The van der Waals surface area contributed by atoms with Crippen LogP contribution >= 0.6 is 0 Å². The highest BCUT2D eigenvalue weighted by Gasteiger charge is 2.28. The Hall–Kier alpha value is -3.03. The van der Waals surface area contributed by atoms with Gasteiger partial charge in [0, 0.05) is 17.2 Å². The van der Waals surface area contributed by atoms with Crippen molar-refractivity contribution < 1.29 is 28.3 Å². The van der Waals surface area contributed by atoms with E-state index < -0.39 is 23.0 Å². The molecule has 1 aliphatic rings. The lowest BCUT2D eigenvalue weighted by Gasteiger charge is -2.19. The van der Waals surface area contributed by atoms with E-state index in [0.717, 1.165) is 17.5 Å². The minimum Gasteiger partial charge on any atom is -0.611 e. The molecule has 0 saturated heterocycles. The SMILES string of the molecule is COc1ccc(F)c(-c2ccc(COc3cccc([C@H](CC(=O)O)CC4CC4)c3)cc2[S@+]([O-])C(C)C)c1.